The fourth-order valence-electron chi connectivity index (χ4n) is 3.65. The Morgan fingerprint density at radius 1 is 1.03 bits per heavy atom. The molecular weight excluding hydrogens is 461 g/mol. The summed E-state index contributed by atoms with van der Waals surface area (Å²) in [6.45, 7) is 0.335. The highest BCUT2D eigenvalue weighted by Gasteiger charge is 2.13. The number of fused-ring (bicyclic) bond motifs is 3. The molecule has 2 N–H and O–H groups in total. The van der Waals surface area contributed by atoms with Gasteiger partial charge in [-0.05, 0) is 53.9 Å². The first kappa shape index (κ1) is 21.6. The van der Waals surface area contributed by atoms with Crippen LogP contribution in [0.3, 0.4) is 0 Å². The fraction of sp³-hybridized carbons (Fsp3) is 0.120. The molecule has 5 rings (SSSR count). The second-order valence-electron chi connectivity index (χ2n) is 7.50. The van der Waals surface area contributed by atoms with E-state index in [0.717, 1.165) is 37.1 Å². The molecule has 0 amide bonds. The molecule has 0 fully saturated rings. The monoisotopic (exact) mass is 479 g/mol. The van der Waals surface area contributed by atoms with Gasteiger partial charge < -0.3 is 15.2 Å². The number of anilines is 2. The van der Waals surface area contributed by atoms with Gasteiger partial charge in [0.15, 0.2) is 0 Å². The van der Waals surface area contributed by atoms with Gasteiger partial charge in [0.25, 0.3) is 0 Å². The zero-order valence-electron chi connectivity index (χ0n) is 17.4. The van der Waals surface area contributed by atoms with Gasteiger partial charge in [-0.1, -0.05) is 35.9 Å². The number of halogens is 2. The van der Waals surface area contributed by atoms with Gasteiger partial charge in [-0.2, -0.15) is 0 Å². The Hall–Kier alpha value is -3.26. The van der Waals surface area contributed by atoms with Crippen LogP contribution < -0.4 is 10.1 Å². The molecule has 0 aliphatic carbocycles. The number of thiophene rings is 1. The Morgan fingerprint density at radius 3 is 2.76 bits per heavy atom. The third-order valence-electron chi connectivity index (χ3n) is 5.21. The SMILES string of the molecule is OCCc1ccc2c(c1)sc1ncnc(Nc3ccc(OCc4cccc(F)c4)c(Cl)c3)c12. The Kier molecular flexibility index (Phi) is 6.09. The van der Waals surface area contributed by atoms with E-state index in [-0.39, 0.29) is 19.0 Å². The Bertz CT molecular complexity index is 1460. The number of nitrogens with zero attached hydrogens (tertiary/aromatic N) is 2. The van der Waals surface area contributed by atoms with Gasteiger partial charge >= 0.3 is 0 Å². The van der Waals surface area contributed by atoms with Crippen LogP contribution in [0, 0.1) is 5.82 Å². The van der Waals surface area contributed by atoms with Gasteiger partial charge in [0.05, 0.1) is 10.4 Å². The van der Waals surface area contributed by atoms with Crippen molar-refractivity contribution in [2.24, 2.45) is 0 Å². The van der Waals surface area contributed by atoms with E-state index in [0.29, 0.717) is 23.0 Å². The molecule has 166 valence electrons. The second-order valence-corrected chi connectivity index (χ2v) is 8.94. The highest BCUT2D eigenvalue weighted by Crippen LogP contribution is 2.38. The molecule has 0 saturated carbocycles. The highest BCUT2D eigenvalue weighted by atomic mass is 35.5. The van der Waals surface area contributed by atoms with Gasteiger partial charge in [0, 0.05) is 22.4 Å². The molecule has 0 atom stereocenters. The lowest BCUT2D eigenvalue weighted by Crippen LogP contribution is -1.98. The molecule has 33 heavy (non-hydrogen) atoms. The molecule has 0 radical (unpaired) electrons. The van der Waals surface area contributed by atoms with Gasteiger partial charge in [-0.3, -0.25) is 0 Å². The lowest BCUT2D eigenvalue weighted by atomic mass is 10.1. The Morgan fingerprint density at radius 2 is 1.94 bits per heavy atom. The number of rotatable bonds is 7. The van der Waals surface area contributed by atoms with Crippen LogP contribution in [0.25, 0.3) is 20.3 Å². The van der Waals surface area contributed by atoms with Gasteiger partial charge in [-0.25, -0.2) is 14.4 Å². The predicted octanol–water partition coefficient (Wildman–Crippen LogP) is 6.49. The quantitative estimate of drug-likeness (QED) is 0.279. The first-order chi connectivity index (χ1) is 16.1. The Balaban J connectivity index is 1.40. The largest absolute Gasteiger partial charge is 0.487 e. The highest BCUT2D eigenvalue weighted by molar-refractivity contribution is 7.25. The normalized spacial score (nSPS) is 11.2. The van der Waals surface area contributed by atoms with E-state index >= 15 is 0 Å². The standard InChI is InChI=1S/C25H19ClFN3O2S/c26-20-12-18(5-7-21(20)32-13-16-2-1-3-17(27)10-16)30-24-23-19-6-4-15(8-9-31)11-22(19)33-25(23)29-14-28-24/h1-7,10-12,14,31H,8-9,13H2,(H,28,29,30). The molecule has 0 aliphatic heterocycles. The average molecular weight is 480 g/mol. The maximum absolute atomic E-state index is 13.4. The van der Waals surface area contributed by atoms with Crippen molar-refractivity contribution in [2.75, 3.05) is 11.9 Å². The minimum Gasteiger partial charge on any atom is -0.487 e. The molecule has 0 aliphatic rings. The van der Waals surface area contributed by atoms with Crippen molar-refractivity contribution in [3.63, 3.8) is 0 Å². The lowest BCUT2D eigenvalue weighted by Gasteiger charge is -2.11. The van der Waals surface area contributed by atoms with Crippen molar-refractivity contribution >= 4 is 54.7 Å². The average Bonchev–Trinajstić information content (AvgIpc) is 3.17. The van der Waals surface area contributed by atoms with Crippen LogP contribution in [0.5, 0.6) is 5.75 Å². The van der Waals surface area contributed by atoms with Crippen molar-refractivity contribution in [1.82, 2.24) is 9.97 Å². The van der Waals surface area contributed by atoms with Crippen LogP contribution >= 0.6 is 22.9 Å². The van der Waals surface area contributed by atoms with E-state index in [9.17, 15) is 9.50 Å². The summed E-state index contributed by atoms with van der Waals surface area (Å²) in [5, 5.41) is 15.0. The second kappa shape index (κ2) is 9.31. The first-order valence-corrected chi connectivity index (χ1v) is 11.5. The van der Waals surface area contributed by atoms with E-state index in [2.05, 4.69) is 21.4 Å². The molecular formula is C25H19ClFN3O2S. The van der Waals surface area contributed by atoms with Crippen LogP contribution in [-0.2, 0) is 13.0 Å². The minimum atomic E-state index is -0.302. The molecule has 0 saturated heterocycles. The van der Waals surface area contributed by atoms with Crippen molar-refractivity contribution in [2.45, 2.75) is 13.0 Å². The Labute approximate surface area is 198 Å². The van der Waals surface area contributed by atoms with Gasteiger partial charge in [0.2, 0.25) is 0 Å². The van der Waals surface area contributed by atoms with Crippen molar-refractivity contribution in [1.29, 1.82) is 0 Å². The van der Waals surface area contributed by atoms with Crippen LogP contribution in [0.4, 0.5) is 15.9 Å². The number of aromatic nitrogens is 2. The van der Waals surface area contributed by atoms with Crippen molar-refractivity contribution in [3.05, 3.63) is 89.0 Å². The van der Waals surface area contributed by atoms with Crippen molar-refractivity contribution < 1.29 is 14.2 Å². The van der Waals surface area contributed by atoms with Crippen LogP contribution in [0.2, 0.25) is 5.02 Å². The summed E-state index contributed by atoms with van der Waals surface area (Å²) < 4.78 is 20.2. The fourth-order valence-corrected chi connectivity index (χ4v) is 4.99. The number of hydrogen-bond acceptors (Lipinski definition) is 6. The topological polar surface area (TPSA) is 67.3 Å². The molecule has 2 aromatic heterocycles. The first-order valence-electron chi connectivity index (χ1n) is 10.3. The van der Waals surface area contributed by atoms with Gasteiger partial charge in [0.1, 0.15) is 35.1 Å². The molecule has 0 bridgehead atoms. The summed E-state index contributed by atoms with van der Waals surface area (Å²) in [7, 11) is 0. The lowest BCUT2D eigenvalue weighted by molar-refractivity contribution is 0.299. The molecule has 3 aromatic carbocycles. The van der Waals surface area contributed by atoms with Crippen LogP contribution in [-0.4, -0.2) is 21.7 Å². The van der Waals surface area contributed by atoms with Crippen LogP contribution in [0.15, 0.2) is 67.0 Å². The molecule has 2 heterocycles. The molecule has 5 nitrogen and oxygen atoms in total. The zero-order valence-corrected chi connectivity index (χ0v) is 19.0. The summed E-state index contributed by atoms with van der Waals surface area (Å²) in [5.41, 5.74) is 2.57. The molecule has 8 heteroatoms. The summed E-state index contributed by atoms with van der Waals surface area (Å²) in [6.07, 6.45) is 2.15. The smallest absolute Gasteiger partial charge is 0.143 e. The molecule has 5 aromatic rings. The summed E-state index contributed by atoms with van der Waals surface area (Å²) in [5.74, 6) is 0.894. The molecule has 0 unspecified atom stereocenters. The third-order valence-corrected chi connectivity index (χ3v) is 6.57. The molecule has 0 spiro atoms. The minimum absolute atomic E-state index is 0.117. The van der Waals surface area contributed by atoms with Gasteiger partial charge in [-0.15, -0.1) is 11.3 Å². The number of nitrogens with one attached hydrogen (secondary N) is 1. The maximum Gasteiger partial charge on any atom is 0.143 e. The van der Waals surface area contributed by atoms with E-state index < -0.39 is 0 Å². The summed E-state index contributed by atoms with van der Waals surface area (Å²) in [6, 6.07) is 17.8. The number of aliphatic hydroxyl groups excluding tert-OH is 1. The predicted molar refractivity (Wildman–Crippen MR) is 131 cm³/mol. The van der Waals surface area contributed by atoms with E-state index in [1.54, 1.807) is 35.6 Å². The van der Waals surface area contributed by atoms with E-state index in [1.165, 1.54) is 18.5 Å². The zero-order chi connectivity index (χ0) is 22.8. The number of benzene rings is 3. The number of aliphatic hydroxyl groups is 1. The maximum atomic E-state index is 13.4. The number of hydrogen-bond donors (Lipinski definition) is 2. The number of ether oxygens (including phenoxy) is 1. The van der Waals surface area contributed by atoms with E-state index in [4.69, 9.17) is 16.3 Å². The summed E-state index contributed by atoms with van der Waals surface area (Å²) >= 11 is 8.03. The van der Waals surface area contributed by atoms with Crippen molar-refractivity contribution in [3.8, 4) is 5.75 Å². The van der Waals surface area contributed by atoms with E-state index in [1.807, 2.05) is 18.2 Å². The third kappa shape index (κ3) is 4.61. The van der Waals surface area contributed by atoms with Crippen LogP contribution in [0.1, 0.15) is 11.1 Å². The summed E-state index contributed by atoms with van der Waals surface area (Å²) in [4.78, 5) is 9.77.